The second-order valence-electron chi connectivity index (χ2n) is 3.09. The molecule has 0 aliphatic heterocycles. The number of rotatable bonds is 5. The Morgan fingerprint density at radius 2 is 2.00 bits per heavy atom. The molecule has 0 fully saturated rings. The summed E-state index contributed by atoms with van der Waals surface area (Å²) in [6, 6.07) is 0. The molecule has 0 unspecified atom stereocenters. The van der Waals surface area contributed by atoms with E-state index in [1.165, 1.54) is 0 Å². The van der Waals surface area contributed by atoms with Gasteiger partial charge in [0.2, 0.25) is 0 Å². The molecule has 0 amide bonds. The third-order valence-corrected chi connectivity index (χ3v) is 1.67. The molecule has 0 saturated carbocycles. The molecule has 4 heteroatoms. The molecule has 0 aliphatic rings. The molecule has 0 atom stereocenters. The van der Waals surface area contributed by atoms with Crippen molar-refractivity contribution in [2.45, 2.75) is 39.5 Å². The van der Waals surface area contributed by atoms with E-state index >= 15 is 0 Å². The summed E-state index contributed by atoms with van der Waals surface area (Å²) < 4.78 is 3.99. The molecular weight excluding hydrogens is 373 g/mol. The number of halogens is 1. The number of hydrogen-bond acceptors (Lipinski definition) is 2. The minimum atomic E-state index is -0.324. The van der Waals surface area contributed by atoms with Crippen LogP contribution in [0.1, 0.15) is 39.5 Å². The number of carbonyl (C=O) groups is 1. The van der Waals surface area contributed by atoms with E-state index in [-0.39, 0.29) is 32.2 Å². The van der Waals surface area contributed by atoms with Crippen LogP contribution in [0.4, 0.5) is 0 Å². The first-order valence-electron chi connectivity index (χ1n) is 3.98. The fourth-order valence-corrected chi connectivity index (χ4v) is 0.938. The quantitative estimate of drug-likeness (QED) is 0.528. The number of hydrogen-bond donors (Lipinski definition) is 0. The van der Waals surface area contributed by atoms with E-state index in [2.05, 4.69) is 18.1 Å². The number of unbranched alkanes of at least 4 members (excludes halogenated alkanes) is 1. The van der Waals surface area contributed by atoms with Crippen LogP contribution in [0.2, 0.25) is 0 Å². The fourth-order valence-electron chi connectivity index (χ4n) is 0.860. The predicted octanol–water partition coefficient (Wildman–Crippen LogP) is 1.72. The van der Waals surface area contributed by atoms with Crippen LogP contribution in [0, 0.1) is 5.92 Å². The minimum absolute atomic E-state index is 0. The zero-order valence-corrected chi connectivity index (χ0v) is 14.1. The summed E-state index contributed by atoms with van der Waals surface area (Å²) in [5.74, 6) is 0.387. The van der Waals surface area contributed by atoms with Gasteiger partial charge < -0.3 is 4.29 Å². The number of carbonyl (C=O) groups excluding carboxylic acids is 1. The van der Waals surface area contributed by atoms with E-state index in [4.69, 9.17) is 11.9 Å². The van der Waals surface area contributed by atoms with Crippen molar-refractivity contribution in [3.63, 3.8) is 0 Å². The van der Waals surface area contributed by atoms with Crippen molar-refractivity contribution >= 4 is 44.0 Å². The molecule has 0 aliphatic carbocycles. The van der Waals surface area contributed by atoms with Crippen molar-refractivity contribution in [3.05, 3.63) is 0 Å². The normalized spacial score (nSPS) is 9.33. The summed E-state index contributed by atoms with van der Waals surface area (Å²) in [7, 11) is 0. The van der Waals surface area contributed by atoms with E-state index in [9.17, 15) is 4.79 Å². The van der Waals surface area contributed by atoms with Crippen LogP contribution in [-0.4, -0.2) is 32.2 Å². The molecule has 0 N–H and O–H groups in total. The summed E-state index contributed by atoms with van der Waals surface area (Å²) >= 11 is 4.84. The summed E-state index contributed by atoms with van der Waals surface area (Å²) in [5, 5.41) is 0. The van der Waals surface area contributed by atoms with E-state index in [1.807, 2.05) is 0 Å². The molecule has 0 radical (unpaired) electrons. The second kappa shape index (κ2) is 9.73. The van der Waals surface area contributed by atoms with Crippen molar-refractivity contribution in [2.24, 2.45) is 5.92 Å². The van der Waals surface area contributed by atoms with Gasteiger partial charge >= 0.3 is 32.2 Å². The standard InChI is InChI=1S/C8H15ClO2.Bi.3H/c1-7(2)5-3-4-6-8(10)11-9;;;;/h7H,3-6H2,1-2H3;;;;. The van der Waals surface area contributed by atoms with Gasteiger partial charge in [-0.25, -0.2) is 0 Å². The Kier molecular flexibility index (Phi) is 12.3. The van der Waals surface area contributed by atoms with Crippen LogP contribution in [0.5, 0.6) is 0 Å². The first-order valence-corrected chi connectivity index (χ1v) is 4.29. The molecule has 12 heavy (non-hydrogen) atoms. The zero-order chi connectivity index (χ0) is 8.69. The Hall–Kier alpha value is 0.643. The van der Waals surface area contributed by atoms with Crippen molar-refractivity contribution in [2.75, 3.05) is 0 Å². The predicted molar refractivity (Wildman–Crippen MR) is 55.2 cm³/mol. The first-order chi connectivity index (χ1) is 5.16. The zero-order valence-electron chi connectivity index (χ0n) is 7.81. The third-order valence-electron chi connectivity index (χ3n) is 1.50. The van der Waals surface area contributed by atoms with Crippen LogP contribution in [0.25, 0.3) is 0 Å². The topological polar surface area (TPSA) is 26.3 Å². The molecule has 2 nitrogen and oxygen atoms in total. The van der Waals surface area contributed by atoms with Gasteiger partial charge in [0.05, 0.1) is 0 Å². The second-order valence-corrected chi connectivity index (χ2v) is 3.24. The molecule has 0 aromatic heterocycles. The van der Waals surface area contributed by atoms with Gasteiger partial charge in [0.1, 0.15) is 11.9 Å². The van der Waals surface area contributed by atoms with Crippen molar-refractivity contribution in [1.82, 2.24) is 0 Å². The molecule has 0 bridgehead atoms. The Morgan fingerprint density at radius 1 is 1.42 bits per heavy atom. The van der Waals surface area contributed by atoms with Gasteiger partial charge in [-0.2, -0.15) is 0 Å². The van der Waals surface area contributed by atoms with Crippen LogP contribution >= 0.6 is 11.9 Å². The average molecular weight is 391 g/mol. The van der Waals surface area contributed by atoms with Crippen molar-refractivity contribution < 1.29 is 9.08 Å². The fraction of sp³-hybridized carbons (Fsp3) is 0.875. The van der Waals surface area contributed by atoms with Crippen LogP contribution in [-0.2, 0) is 9.08 Å². The summed E-state index contributed by atoms with van der Waals surface area (Å²) in [6.45, 7) is 4.33. The van der Waals surface area contributed by atoms with Gasteiger partial charge in [0, 0.05) is 6.42 Å². The van der Waals surface area contributed by atoms with Crippen LogP contribution in [0.3, 0.4) is 0 Å². The van der Waals surface area contributed by atoms with E-state index in [0.29, 0.717) is 12.3 Å². The Labute approximate surface area is 98.3 Å². The molecule has 74 valence electrons. The van der Waals surface area contributed by atoms with E-state index in [0.717, 1.165) is 19.3 Å². The molecule has 0 aromatic carbocycles. The Bertz CT molecular complexity index is 118. The SMILES string of the molecule is CC(C)CCCCC(=O)OCl.[BiH3]. The van der Waals surface area contributed by atoms with Gasteiger partial charge in [-0.05, 0) is 12.3 Å². The van der Waals surface area contributed by atoms with Crippen molar-refractivity contribution in [3.8, 4) is 0 Å². The van der Waals surface area contributed by atoms with Gasteiger partial charge in [-0.15, -0.1) is 0 Å². The summed E-state index contributed by atoms with van der Waals surface area (Å²) in [4.78, 5) is 10.5. The molecular formula is C8H18BiClO2. The molecule has 0 heterocycles. The van der Waals surface area contributed by atoms with Crippen molar-refractivity contribution in [1.29, 1.82) is 0 Å². The van der Waals surface area contributed by atoms with E-state index < -0.39 is 0 Å². The molecule has 0 aromatic rings. The Balaban J connectivity index is 0. The third kappa shape index (κ3) is 10.6. The molecule has 0 saturated heterocycles. The molecule has 0 rings (SSSR count). The van der Waals surface area contributed by atoms with E-state index in [1.54, 1.807) is 0 Å². The van der Waals surface area contributed by atoms with Crippen LogP contribution in [0.15, 0.2) is 0 Å². The average Bonchev–Trinajstić information content (AvgIpc) is 1.97. The van der Waals surface area contributed by atoms with Gasteiger partial charge in [0.25, 0.3) is 0 Å². The van der Waals surface area contributed by atoms with Gasteiger partial charge in [0.15, 0.2) is 0 Å². The maximum atomic E-state index is 10.5. The summed E-state index contributed by atoms with van der Waals surface area (Å²) in [5.41, 5.74) is 0. The Morgan fingerprint density at radius 3 is 2.42 bits per heavy atom. The van der Waals surface area contributed by atoms with Crippen LogP contribution < -0.4 is 0 Å². The van der Waals surface area contributed by atoms with Gasteiger partial charge in [-0.3, -0.25) is 4.79 Å². The maximum absolute atomic E-state index is 10.5. The monoisotopic (exact) mass is 390 g/mol. The first kappa shape index (κ1) is 15.1. The van der Waals surface area contributed by atoms with Gasteiger partial charge in [-0.1, -0.05) is 26.7 Å². The molecule has 0 spiro atoms. The summed E-state index contributed by atoms with van der Waals surface area (Å²) in [6.07, 6.45) is 3.55.